The molecule has 2 aliphatic heterocycles. The molecule has 2 rings (SSSR count). The first-order chi connectivity index (χ1) is 10.2. The van der Waals surface area contributed by atoms with Crippen LogP contribution in [0.25, 0.3) is 0 Å². The molecule has 0 aliphatic carbocycles. The van der Waals surface area contributed by atoms with E-state index in [4.69, 9.17) is 10.5 Å². The Kier molecular flexibility index (Phi) is 5.33. The predicted octanol–water partition coefficient (Wildman–Crippen LogP) is 2.15. The van der Waals surface area contributed by atoms with Crippen LogP contribution in [0.5, 0.6) is 0 Å². The zero-order valence-corrected chi connectivity index (χ0v) is 14.1. The molecule has 5 nitrogen and oxygen atoms in total. The fourth-order valence-corrected chi connectivity index (χ4v) is 3.36. The number of nitrogens with two attached hydrogens (primary N) is 1. The van der Waals surface area contributed by atoms with Gasteiger partial charge in [-0.15, -0.1) is 0 Å². The maximum absolute atomic E-state index is 13.1. The van der Waals surface area contributed by atoms with Crippen LogP contribution in [-0.2, 0) is 4.74 Å². The number of rotatable bonds is 2. The molecule has 22 heavy (non-hydrogen) atoms. The van der Waals surface area contributed by atoms with E-state index in [0.717, 1.165) is 32.2 Å². The Labute approximate surface area is 133 Å². The SMILES string of the molecule is CC(C)(C)OC(=O)N1CCC(N2CCCC(N)(CF)C2)CC1. The lowest BCUT2D eigenvalue weighted by Crippen LogP contribution is -2.59. The van der Waals surface area contributed by atoms with Crippen molar-refractivity contribution in [3.63, 3.8) is 0 Å². The topological polar surface area (TPSA) is 58.8 Å². The summed E-state index contributed by atoms with van der Waals surface area (Å²) in [6.45, 7) is 8.18. The summed E-state index contributed by atoms with van der Waals surface area (Å²) in [5, 5.41) is 0. The van der Waals surface area contributed by atoms with E-state index < -0.39 is 17.8 Å². The highest BCUT2D eigenvalue weighted by Crippen LogP contribution is 2.26. The molecule has 0 aromatic carbocycles. The number of carbonyl (C=O) groups is 1. The van der Waals surface area contributed by atoms with Gasteiger partial charge in [0.2, 0.25) is 0 Å². The summed E-state index contributed by atoms with van der Waals surface area (Å²) < 4.78 is 18.5. The lowest BCUT2D eigenvalue weighted by atomic mass is 9.89. The van der Waals surface area contributed by atoms with Gasteiger partial charge in [0.15, 0.2) is 0 Å². The largest absolute Gasteiger partial charge is 0.444 e. The van der Waals surface area contributed by atoms with Crippen molar-refractivity contribution in [3.8, 4) is 0 Å². The van der Waals surface area contributed by atoms with E-state index in [1.54, 1.807) is 4.90 Å². The molecule has 0 radical (unpaired) electrons. The number of alkyl halides is 1. The Hall–Kier alpha value is -0.880. The van der Waals surface area contributed by atoms with E-state index in [1.165, 1.54) is 0 Å². The highest BCUT2D eigenvalue weighted by atomic mass is 19.1. The van der Waals surface area contributed by atoms with E-state index in [1.807, 2.05) is 20.8 Å². The number of halogens is 1. The summed E-state index contributed by atoms with van der Waals surface area (Å²) in [5.41, 5.74) is 4.96. The maximum atomic E-state index is 13.1. The maximum Gasteiger partial charge on any atom is 0.410 e. The molecular formula is C16H30FN3O2. The number of piperidine rings is 2. The van der Waals surface area contributed by atoms with Crippen LogP contribution in [0.15, 0.2) is 0 Å². The van der Waals surface area contributed by atoms with Crippen molar-refractivity contribution < 1.29 is 13.9 Å². The fraction of sp³-hybridized carbons (Fsp3) is 0.938. The van der Waals surface area contributed by atoms with Crippen LogP contribution < -0.4 is 5.73 Å². The second-order valence-electron chi connectivity index (χ2n) is 7.77. The van der Waals surface area contributed by atoms with Gasteiger partial charge in [0.25, 0.3) is 0 Å². The molecule has 2 N–H and O–H groups in total. The highest BCUT2D eigenvalue weighted by Gasteiger charge is 2.36. The average molecular weight is 315 g/mol. The van der Waals surface area contributed by atoms with Crippen molar-refractivity contribution in [2.75, 3.05) is 32.9 Å². The molecular weight excluding hydrogens is 285 g/mol. The van der Waals surface area contributed by atoms with Gasteiger partial charge in [-0.05, 0) is 53.0 Å². The summed E-state index contributed by atoms with van der Waals surface area (Å²) >= 11 is 0. The Balaban J connectivity index is 1.83. The standard InChI is InChI=1S/C16H30FN3O2/c1-15(2,3)22-14(21)19-9-5-13(6-10-19)20-8-4-7-16(18,11-17)12-20/h13H,4-12,18H2,1-3H3. The first kappa shape index (κ1) is 17.5. The van der Waals surface area contributed by atoms with Crippen LogP contribution in [0, 0.1) is 0 Å². The van der Waals surface area contributed by atoms with Gasteiger partial charge in [-0.2, -0.15) is 0 Å². The molecule has 0 spiro atoms. The lowest BCUT2D eigenvalue weighted by molar-refractivity contribution is 0.00872. The monoisotopic (exact) mass is 315 g/mol. The smallest absolute Gasteiger partial charge is 0.410 e. The summed E-state index contributed by atoms with van der Waals surface area (Å²) in [5.74, 6) is 0. The first-order valence-corrected chi connectivity index (χ1v) is 8.29. The summed E-state index contributed by atoms with van der Waals surface area (Å²) in [7, 11) is 0. The van der Waals surface area contributed by atoms with Crippen molar-refractivity contribution in [1.29, 1.82) is 0 Å². The van der Waals surface area contributed by atoms with Crippen molar-refractivity contribution >= 4 is 6.09 Å². The second kappa shape index (κ2) is 6.71. The normalized spacial score (nSPS) is 28.7. The van der Waals surface area contributed by atoms with Gasteiger partial charge in [-0.3, -0.25) is 4.90 Å². The van der Waals surface area contributed by atoms with Crippen LogP contribution in [-0.4, -0.2) is 65.9 Å². The second-order valence-corrected chi connectivity index (χ2v) is 7.77. The minimum absolute atomic E-state index is 0.235. The molecule has 0 saturated carbocycles. The van der Waals surface area contributed by atoms with Gasteiger partial charge in [-0.1, -0.05) is 0 Å². The molecule has 2 heterocycles. The first-order valence-electron chi connectivity index (χ1n) is 8.29. The van der Waals surface area contributed by atoms with Crippen LogP contribution in [0.2, 0.25) is 0 Å². The summed E-state index contributed by atoms with van der Waals surface area (Å²) in [4.78, 5) is 16.2. The summed E-state index contributed by atoms with van der Waals surface area (Å²) in [6, 6.07) is 0.397. The van der Waals surface area contributed by atoms with E-state index in [2.05, 4.69) is 4.90 Å². The van der Waals surface area contributed by atoms with Crippen molar-refractivity contribution in [1.82, 2.24) is 9.80 Å². The van der Waals surface area contributed by atoms with Gasteiger partial charge in [0.05, 0.1) is 5.54 Å². The number of amides is 1. The van der Waals surface area contributed by atoms with Gasteiger partial charge >= 0.3 is 6.09 Å². The molecule has 128 valence electrons. The highest BCUT2D eigenvalue weighted by molar-refractivity contribution is 5.68. The molecule has 1 atom stereocenters. The van der Waals surface area contributed by atoms with Gasteiger partial charge in [0, 0.05) is 25.7 Å². The van der Waals surface area contributed by atoms with Crippen molar-refractivity contribution in [2.24, 2.45) is 5.73 Å². The minimum atomic E-state index is -0.680. The van der Waals surface area contributed by atoms with Crippen LogP contribution in [0.1, 0.15) is 46.5 Å². The van der Waals surface area contributed by atoms with E-state index >= 15 is 0 Å². The molecule has 0 bridgehead atoms. The molecule has 6 heteroatoms. The molecule has 1 unspecified atom stereocenters. The third-order valence-corrected chi connectivity index (χ3v) is 4.54. The Bertz CT molecular complexity index is 391. The third kappa shape index (κ3) is 4.56. The molecule has 1 amide bonds. The predicted molar refractivity (Wildman–Crippen MR) is 84.5 cm³/mol. The van der Waals surface area contributed by atoms with Crippen LogP contribution in [0.4, 0.5) is 9.18 Å². The summed E-state index contributed by atoms with van der Waals surface area (Å²) in [6.07, 6.45) is 3.29. The van der Waals surface area contributed by atoms with Crippen molar-refractivity contribution in [2.45, 2.75) is 63.6 Å². The van der Waals surface area contributed by atoms with Crippen LogP contribution >= 0.6 is 0 Å². The lowest BCUT2D eigenvalue weighted by Gasteiger charge is -2.45. The minimum Gasteiger partial charge on any atom is -0.444 e. The van der Waals surface area contributed by atoms with Crippen molar-refractivity contribution in [3.05, 3.63) is 0 Å². The Morgan fingerprint density at radius 3 is 2.50 bits per heavy atom. The molecule has 2 aliphatic rings. The fourth-order valence-electron chi connectivity index (χ4n) is 3.36. The van der Waals surface area contributed by atoms with E-state index in [-0.39, 0.29) is 6.09 Å². The van der Waals surface area contributed by atoms with Gasteiger partial charge < -0.3 is 15.4 Å². The number of hydrogen-bond acceptors (Lipinski definition) is 4. The number of hydrogen-bond donors (Lipinski definition) is 1. The molecule has 2 fully saturated rings. The van der Waals surface area contributed by atoms with Gasteiger partial charge in [-0.25, -0.2) is 9.18 Å². The molecule has 2 saturated heterocycles. The third-order valence-electron chi connectivity index (χ3n) is 4.54. The molecule has 0 aromatic heterocycles. The zero-order valence-electron chi connectivity index (χ0n) is 14.1. The average Bonchev–Trinajstić information content (AvgIpc) is 2.46. The zero-order chi connectivity index (χ0) is 16.4. The quantitative estimate of drug-likeness (QED) is 0.848. The number of likely N-dealkylation sites (tertiary alicyclic amines) is 2. The van der Waals surface area contributed by atoms with Crippen LogP contribution in [0.3, 0.4) is 0 Å². The van der Waals surface area contributed by atoms with E-state index in [0.29, 0.717) is 25.7 Å². The van der Waals surface area contributed by atoms with E-state index in [9.17, 15) is 9.18 Å². The Morgan fingerprint density at radius 2 is 1.95 bits per heavy atom. The number of nitrogens with zero attached hydrogens (tertiary/aromatic N) is 2. The Morgan fingerprint density at radius 1 is 1.32 bits per heavy atom. The number of carbonyl (C=O) groups excluding carboxylic acids is 1. The number of ether oxygens (including phenoxy) is 1. The van der Waals surface area contributed by atoms with Gasteiger partial charge in [0.1, 0.15) is 12.3 Å². The molecule has 0 aromatic rings.